The Morgan fingerprint density at radius 3 is 2.23 bits per heavy atom. The molecule has 254 valence electrons. The Labute approximate surface area is 270 Å². The summed E-state index contributed by atoms with van der Waals surface area (Å²) in [7, 11) is 0. The van der Waals surface area contributed by atoms with E-state index in [1.165, 1.54) is 6.20 Å². The fourth-order valence-corrected chi connectivity index (χ4v) is 6.66. The Hall–Kier alpha value is -3.38. The molecular weight excluding hydrogens is 712 g/mol. The van der Waals surface area contributed by atoms with Crippen molar-refractivity contribution in [1.82, 2.24) is 25.1 Å². The van der Waals surface area contributed by atoms with Gasteiger partial charge < -0.3 is 19.7 Å². The van der Waals surface area contributed by atoms with E-state index in [1.807, 2.05) is 4.90 Å². The lowest BCUT2D eigenvalue weighted by molar-refractivity contribution is -0.169. The molecule has 0 radical (unpaired) electrons. The van der Waals surface area contributed by atoms with Crippen LogP contribution in [0.2, 0.25) is 0 Å². The van der Waals surface area contributed by atoms with E-state index in [0.29, 0.717) is 45.2 Å². The highest BCUT2D eigenvalue weighted by molar-refractivity contribution is 9.10. The van der Waals surface area contributed by atoms with E-state index < -0.39 is 84.0 Å². The maximum atomic E-state index is 14.9. The van der Waals surface area contributed by atoms with E-state index >= 15 is 0 Å². The summed E-state index contributed by atoms with van der Waals surface area (Å²) in [5.41, 5.74) is -4.38. The maximum absolute atomic E-state index is 14.9. The van der Waals surface area contributed by atoms with Crippen LogP contribution in [0.5, 0.6) is 0 Å². The maximum Gasteiger partial charge on any atom is 0.290 e. The SMILES string of the molecule is O=C(Cn1nc(C(F)F)c2c1C(F)(F)CCC2(F)F)N[C@@H](Cc1cc(F)cc(F)c1)c1nc(N2CCC3(CC2)OCCO3)ncc1Br. The second kappa shape index (κ2) is 12.6. The zero-order valence-electron chi connectivity index (χ0n) is 24.4. The molecule has 3 aromatic rings. The van der Waals surface area contributed by atoms with E-state index in [4.69, 9.17) is 9.47 Å². The molecule has 0 saturated carbocycles. The van der Waals surface area contributed by atoms with Crippen LogP contribution >= 0.6 is 15.9 Å². The minimum absolute atomic E-state index is 0.0814. The number of hydrogen-bond donors (Lipinski definition) is 1. The molecule has 2 aliphatic heterocycles. The molecule has 2 saturated heterocycles. The van der Waals surface area contributed by atoms with Crippen LogP contribution in [0.3, 0.4) is 0 Å². The van der Waals surface area contributed by atoms with Crippen LogP contribution in [0.15, 0.2) is 28.9 Å². The lowest BCUT2D eigenvalue weighted by Crippen LogP contribution is -2.45. The van der Waals surface area contributed by atoms with E-state index in [2.05, 4.69) is 36.3 Å². The number of halogens is 9. The van der Waals surface area contributed by atoms with Gasteiger partial charge in [-0.15, -0.1) is 0 Å². The van der Waals surface area contributed by atoms with Gasteiger partial charge in [0.25, 0.3) is 18.3 Å². The van der Waals surface area contributed by atoms with Crippen LogP contribution in [0.1, 0.15) is 66.4 Å². The van der Waals surface area contributed by atoms with E-state index in [0.717, 1.165) is 12.1 Å². The third-order valence-electron chi connectivity index (χ3n) is 8.35. The number of piperidine rings is 1. The van der Waals surface area contributed by atoms with Crippen molar-refractivity contribution in [2.24, 2.45) is 0 Å². The zero-order chi connectivity index (χ0) is 33.7. The van der Waals surface area contributed by atoms with Crippen molar-refractivity contribution >= 4 is 27.8 Å². The first-order chi connectivity index (χ1) is 22.2. The number of amides is 1. The average Bonchev–Trinajstić information content (AvgIpc) is 3.62. The van der Waals surface area contributed by atoms with Gasteiger partial charge in [-0.3, -0.25) is 9.48 Å². The van der Waals surface area contributed by atoms with E-state index in [1.54, 1.807) is 0 Å². The molecule has 1 N–H and O–H groups in total. The number of nitrogens with one attached hydrogen (secondary N) is 1. The summed E-state index contributed by atoms with van der Waals surface area (Å²) < 4.78 is 127. The van der Waals surface area contributed by atoms with Gasteiger partial charge in [-0.05, 0) is 40.0 Å². The summed E-state index contributed by atoms with van der Waals surface area (Å²) in [4.78, 5) is 24.2. The molecule has 3 aliphatic rings. The van der Waals surface area contributed by atoms with Crippen LogP contribution in [-0.4, -0.2) is 57.7 Å². The smallest absolute Gasteiger partial charge is 0.290 e. The third-order valence-corrected chi connectivity index (χ3v) is 8.96. The van der Waals surface area contributed by atoms with Crippen molar-refractivity contribution in [2.75, 3.05) is 31.2 Å². The number of hydrogen-bond acceptors (Lipinski definition) is 7. The van der Waals surface area contributed by atoms with E-state index in [-0.39, 0.29) is 32.8 Å². The summed E-state index contributed by atoms with van der Waals surface area (Å²) in [5.74, 6) is -11.3. The number of nitrogens with zero attached hydrogens (tertiary/aromatic N) is 5. The molecular formula is C29H27BrF8N6O3. The Kier molecular flexibility index (Phi) is 8.97. The zero-order valence-corrected chi connectivity index (χ0v) is 26.0. The predicted octanol–water partition coefficient (Wildman–Crippen LogP) is 6.07. The van der Waals surface area contributed by atoms with Crippen molar-refractivity contribution in [3.8, 4) is 0 Å². The van der Waals surface area contributed by atoms with Gasteiger partial charge in [0.15, 0.2) is 5.79 Å². The van der Waals surface area contributed by atoms with Crippen LogP contribution in [0.25, 0.3) is 0 Å². The fraction of sp³-hybridized carbons (Fsp3) is 0.517. The number of fused-ring (bicyclic) bond motifs is 1. The van der Waals surface area contributed by atoms with Crippen molar-refractivity contribution in [3.05, 3.63) is 68.7 Å². The normalized spacial score (nSPS) is 20.4. The molecule has 9 nitrogen and oxygen atoms in total. The van der Waals surface area contributed by atoms with Crippen molar-refractivity contribution in [3.63, 3.8) is 0 Å². The first-order valence-corrected chi connectivity index (χ1v) is 15.4. The number of alkyl halides is 6. The summed E-state index contributed by atoms with van der Waals surface area (Å²) in [5, 5.41) is 5.85. The molecule has 1 amide bonds. The Morgan fingerprint density at radius 2 is 1.60 bits per heavy atom. The number of ether oxygens (including phenoxy) is 2. The van der Waals surface area contributed by atoms with Gasteiger partial charge >= 0.3 is 0 Å². The van der Waals surface area contributed by atoms with Crippen molar-refractivity contribution in [2.45, 2.75) is 68.7 Å². The molecule has 1 atom stereocenters. The van der Waals surface area contributed by atoms with Crippen molar-refractivity contribution in [1.29, 1.82) is 0 Å². The Bertz CT molecular complexity index is 1640. The molecule has 6 rings (SSSR count). The lowest BCUT2D eigenvalue weighted by atomic mass is 9.89. The molecule has 47 heavy (non-hydrogen) atoms. The first kappa shape index (κ1) is 33.5. The van der Waals surface area contributed by atoms with Gasteiger partial charge in [-0.1, -0.05) is 0 Å². The summed E-state index contributed by atoms with van der Waals surface area (Å²) in [6.45, 7) is 0.710. The number of carbonyl (C=O) groups excluding carboxylic acids is 1. The molecule has 4 heterocycles. The third kappa shape index (κ3) is 6.81. The average molecular weight is 739 g/mol. The monoisotopic (exact) mass is 738 g/mol. The fourth-order valence-electron chi connectivity index (χ4n) is 6.19. The van der Waals surface area contributed by atoms with E-state index in [9.17, 15) is 39.9 Å². The number of rotatable bonds is 8. The summed E-state index contributed by atoms with van der Waals surface area (Å²) in [6.07, 6.45) is -4.17. The van der Waals surface area contributed by atoms with Gasteiger partial charge in [-0.25, -0.2) is 36.3 Å². The highest BCUT2D eigenvalue weighted by Crippen LogP contribution is 2.52. The summed E-state index contributed by atoms with van der Waals surface area (Å²) >= 11 is 3.33. The highest BCUT2D eigenvalue weighted by atomic mass is 79.9. The summed E-state index contributed by atoms with van der Waals surface area (Å²) in [6, 6.07) is 1.49. The van der Waals surface area contributed by atoms with Crippen LogP contribution < -0.4 is 10.2 Å². The molecule has 2 fully saturated rings. The molecule has 1 aliphatic carbocycles. The Balaban J connectivity index is 1.31. The lowest BCUT2D eigenvalue weighted by Gasteiger charge is -2.37. The quantitative estimate of drug-likeness (QED) is 0.281. The van der Waals surface area contributed by atoms with Gasteiger partial charge in [0.2, 0.25) is 11.9 Å². The molecule has 0 bridgehead atoms. The van der Waals surface area contributed by atoms with Crippen LogP contribution in [0.4, 0.5) is 41.1 Å². The molecule has 1 spiro atoms. The van der Waals surface area contributed by atoms with Gasteiger partial charge in [0, 0.05) is 51.0 Å². The number of aromatic nitrogens is 4. The molecule has 1 aromatic carbocycles. The van der Waals surface area contributed by atoms with Crippen molar-refractivity contribution < 1.29 is 49.4 Å². The second-order valence-electron chi connectivity index (χ2n) is 11.6. The van der Waals surface area contributed by atoms with Gasteiger partial charge in [-0.2, -0.15) is 13.9 Å². The second-order valence-corrected chi connectivity index (χ2v) is 12.4. The Morgan fingerprint density at radius 1 is 0.957 bits per heavy atom. The number of anilines is 1. The molecule has 2 aromatic heterocycles. The minimum atomic E-state index is -4.02. The number of benzene rings is 1. The molecule has 0 unspecified atom stereocenters. The minimum Gasteiger partial charge on any atom is -0.347 e. The standard InChI is InChI=1S/C29H27BrF8N6O3/c30-18-13-39-26(43-5-3-27(4-6-43)46-7-8-47-27)41-22(18)19(11-15-9-16(31)12-17(32)10-15)40-20(45)14-44-24-21(23(42-44)25(33)34)28(35,36)1-2-29(24,37)38/h9-10,12-13,19,25H,1-8,11,14H2,(H,40,45)/t19-/m0/s1. The van der Waals surface area contributed by atoms with Crippen LogP contribution in [-0.2, 0) is 39.1 Å². The van der Waals surface area contributed by atoms with Crippen LogP contribution in [0, 0.1) is 11.6 Å². The largest absolute Gasteiger partial charge is 0.347 e. The predicted molar refractivity (Wildman–Crippen MR) is 151 cm³/mol. The number of carbonyl (C=O) groups is 1. The molecule has 18 heteroatoms. The van der Waals surface area contributed by atoms with Gasteiger partial charge in [0.1, 0.15) is 29.6 Å². The van der Waals surface area contributed by atoms with Gasteiger partial charge in [0.05, 0.1) is 35.0 Å². The highest BCUT2D eigenvalue weighted by Gasteiger charge is 2.55. The topological polar surface area (TPSA) is 94.4 Å². The first-order valence-electron chi connectivity index (χ1n) is 14.6.